The van der Waals surface area contributed by atoms with Crippen molar-refractivity contribution in [1.29, 1.82) is 0 Å². The second-order valence-electron chi connectivity index (χ2n) is 6.42. The topological polar surface area (TPSA) is 12.5 Å². The van der Waals surface area contributed by atoms with Crippen LogP contribution >= 0.6 is 0 Å². The average molecular weight is 343 g/mol. The van der Waals surface area contributed by atoms with E-state index in [0.717, 1.165) is 37.6 Å². The summed E-state index contributed by atoms with van der Waals surface area (Å²) in [6.07, 6.45) is 6.46. The summed E-state index contributed by atoms with van der Waals surface area (Å²) in [4.78, 5) is 2.17. The Hall–Kier alpha value is -2.04. The summed E-state index contributed by atoms with van der Waals surface area (Å²) in [5, 5.41) is 0. The summed E-state index contributed by atoms with van der Waals surface area (Å²) >= 11 is 0. The first-order chi connectivity index (χ1) is 12.2. The van der Waals surface area contributed by atoms with E-state index in [9.17, 15) is 8.78 Å². The minimum Gasteiger partial charge on any atom is -0.377 e. The minimum absolute atomic E-state index is 0.198. The first-order valence-corrected chi connectivity index (χ1v) is 8.69. The van der Waals surface area contributed by atoms with Gasteiger partial charge in [-0.2, -0.15) is 0 Å². The second-order valence-corrected chi connectivity index (χ2v) is 6.42. The van der Waals surface area contributed by atoms with Gasteiger partial charge in [-0.25, -0.2) is 8.78 Å². The number of halogens is 2. The van der Waals surface area contributed by atoms with Crippen molar-refractivity contribution >= 4 is 6.08 Å². The van der Waals surface area contributed by atoms with Crippen molar-refractivity contribution in [2.24, 2.45) is 0 Å². The Morgan fingerprint density at radius 3 is 2.52 bits per heavy atom. The molecule has 0 saturated carbocycles. The normalized spacial score (nSPS) is 17.6. The third-order valence-electron chi connectivity index (χ3n) is 4.29. The molecule has 0 aliphatic carbocycles. The molecule has 2 aromatic carbocycles. The van der Waals surface area contributed by atoms with E-state index in [4.69, 9.17) is 4.74 Å². The lowest BCUT2D eigenvalue weighted by molar-refractivity contribution is 0.0746. The molecule has 1 saturated heterocycles. The predicted molar refractivity (Wildman–Crippen MR) is 96.1 cm³/mol. The van der Waals surface area contributed by atoms with Crippen LogP contribution in [0.3, 0.4) is 0 Å². The molecule has 0 N–H and O–H groups in total. The van der Waals surface area contributed by atoms with Gasteiger partial charge in [0.15, 0.2) is 0 Å². The molecule has 1 fully saturated rings. The van der Waals surface area contributed by atoms with Crippen molar-refractivity contribution in [3.8, 4) is 0 Å². The van der Waals surface area contributed by atoms with Crippen molar-refractivity contribution in [3.63, 3.8) is 0 Å². The van der Waals surface area contributed by atoms with Crippen molar-refractivity contribution in [1.82, 2.24) is 4.90 Å². The van der Waals surface area contributed by atoms with Crippen molar-refractivity contribution in [2.75, 3.05) is 19.7 Å². The van der Waals surface area contributed by atoms with Crippen molar-refractivity contribution in [2.45, 2.75) is 25.5 Å². The number of hydrogen-bond donors (Lipinski definition) is 0. The monoisotopic (exact) mass is 343 g/mol. The molecule has 132 valence electrons. The van der Waals surface area contributed by atoms with E-state index in [-0.39, 0.29) is 6.10 Å². The molecule has 3 rings (SSSR count). The van der Waals surface area contributed by atoms with E-state index < -0.39 is 11.6 Å². The fourth-order valence-corrected chi connectivity index (χ4v) is 3.14. The summed E-state index contributed by atoms with van der Waals surface area (Å²) < 4.78 is 32.6. The molecule has 4 heteroatoms. The van der Waals surface area contributed by atoms with E-state index in [0.29, 0.717) is 18.7 Å². The van der Waals surface area contributed by atoms with Crippen LogP contribution < -0.4 is 0 Å². The van der Waals surface area contributed by atoms with E-state index in [1.807, 2.05) is 30.3 Å². The van der Waals surface area contributed by atoms with Gasteiger partial charge in [0.1, 0.15) is 11.6 Å². The highest BCUT2D eigenvalue weighted by Crippen LogP contribution is 2.16. The van der Waals surface area contributed by atoms with Crippen LogP contribution in [-0.4, -0.2) is 30.7 Å². The van der Waals surface area contributed by atoms with Gasteiger partial charge in [0.05, 0.1) is 6.10 Å². The van der Waals surface area contributed by atoms with Gasteiger partial charge in [0.2, 0.25) is 0 Å². The maximum Gasteiger partial charge on any atom is 0.126 e. The standard InChI is InChI=1S/C21H23F2NO/c22-19-12-18(13-20(23)14-19)15-24(16-21-9-5-11-25-21)10-4-8-17-6-2-1-3-7-17/h1-4,6-8,12-14,21H,5,9-11,15-16H2. The Morgan fingerprint density at radius 2 is 1.84 bits per heavy atom. The molecule has 25 heavy (non-hydrogen) atoms. The summed E-state index contributed by atoms with van der Waals surface area (Å²) in [5.41, 5.74) is 1.78. The Morgan fingerprint density at radius 1 is 1.08 bits per heavy atom. The summed E-state index contributed by atoms with van der Waals surface area (Å²) in [7, 11) is 0. The maximum atomic E-state index is 13.5. The molecular formula is C21H23F2NO. The van der Waals surface area contributed by atoms with Crippen LogP contribution in [0.25, 0.3) is 6.08 Å². The van der Waals surface area contributed by atoms with Gasteiger partial charge in [0.25, 0.3) is 0 Å². The van der Waals surface area contributed by atoms with E-state index in [1.54, 1.807) is 0 Å². The minimum atomic E-state index is -0.535. The zero-order chi connectivity index (χ0) is 17.5. The molecule has 1 heterocycles. The van der Waals surface area contributed by atoms with Crippen LogP contribution in [0, 0.1) is 11.6 Å². The number of benzene rings is 2. The summed E-state index contributed by atoms with van der Waals surface area (Å²) in [6, 6.07) is 13.8. The van der Waals surface area contributed by atoms with Crippen LogP contribution in [0.2, 0.25) is 0 Å². The molecule has 0 aromatic heterocycles. The number of hydrogen-bond acceptors (Lipinski definition) is 2. The van der Waals surface area contributed by atoms with Gasteiger partial charge in [-0.05, 0) is 36.1 Å². The predicted octanol–water partition coefficient (Wildman–Crippen LogP) is 4.66. The molecule has 2 nitrogen and oxygen atoms in total. The van der Waals surface area contributed by atoms with Gasteiger partial charge in [-0.3, -0.25) is 4.90 Å². The maximum absolute atomic E-state index is 13.5. The molecule has 2 aromatic rings. The quantitative estimate of drug-likeness (QED) is 0.725. The molecule has 0 amide bonds. The zero-order valence-corrected chi connectivity index (χ0v) is 14.2. The molecule has 1 aliphatic rings. The fourth-order valence-electron chi connectivity index (χ4n) is 3.14. The van der Waals surface area contributed by atoms with Gasteiger partial charge in [-0.15, -0.1) is 0 Å². The summed E-state index contributed by atoms with van der Waals surface area (Å²) in [6.45, 7) is 2.75. The zero-order valence-electron chi connectivity index (χ0n) is 14.2. The van der Waals surface area contributed by atoms with Gasteiger partial charge in [0, 0.05) is 32.3 Å². The Labute approximate surface area is 147 Å². The first kappa shape index (κ1) is 17.8. The van der Waals surface area contributed by atoms with Gasteiger partial charge in [-0.1, -0.05) is 42.5 Å². The van der Waals surface area contributed by atoms with Crippen molar-refractivity contribution < 1.29 is 13.5 Å². The lowest BCUT2D eigenvalue weighted by Crippen LogP contribution is -2.32. The second kappa shape index (κ2) is 8.88. The lowest BCUT2D eigenvalue weighted by atomic mass is 10.1. The number of rotatable bonds is 7. The highest BCUT2D eigenvalue weighted by molar-refractivity contribution is 5.48. The van der Waals surface area contributed by atoms with Crippen LogP contribution in [0.4, 0.5) is 8.78 Å². The van der Waals surface area contributed by atoms with Gasteiger partial charge < -0.3 is 4.74 Å². The smallest absolute Gasteiger partial charge is 0.126 e. The van der Waals surface area contributed by atoms with Crippen LogP contribution in [0.15, 0.2) is 54.6 Å². The molecule has 0 radical (unpaired) electrons. The molecule has 0 spiro atoms. The molecule has 1 aliphatic heterocycles. The highest BCUT2D eigenvalue weighted by Gasteiger charge is 2.19. The Kier molecular flexibility index (Phi) is 6.31. The average Bonchev–Trinajstić information content (AvgIpc) is 3.08. The SMILES string of the molecule is Fc1cc(F)cc(CN(CC=Cc2ccccc2)CC2CCCO2)c1. The first-order valence-electron chi connectivity index (χ1n) is 8.69. The molecular weight excluding hydrogens is 320 g/mol. The molecule has 1 unspecified atom stereocenters. The molecule has 1 atom stereocenters. The summed E-state index contributed by atoms with van der Waals surface area (Å²) in [5.74, 6) is -1.07. The third kappa shape index (κ3) is 5.76. The largest absolute Gasteiger partial charge is 0.377 e. The van der Waals surface area contributed by atoms with E-state index >= 15 is 0 Å². The van der Waals surface area contributed by atoms with E-state index in [2.05, 4.69) is 17.1 Å². The highest BCUT2D eigenvalue weighted by atomic mass is 19.1. The van der Waals surface area contributed by atoms with Crippen LogP contribution in [0.1, 0.15) is 24.0 Å². The van der Waals surface area contributed by atoms with Crippen LogP contribution in [-0.2, 0) is 11.3 Å². The number of nitrogens with zero attached hydrogens (tertiary/aromatic N) is 1. The van der Waals surface area contributed by atoms with Gasteiger partial charge >= 0.3 is 0 Å². The lowest BCUT2D eigenvalue weighted by Gasteiger charge is -2.24. The molecule has 0 bridgehead atoms. The van der Waals surface area contributed by atoms with Crippen molar-refractivity contribution in [3.05, 3.63) is 77.4 Å². The number of ether oxygens (including phenoxy) is 1. The third-order valence-corrected chi connectivity index (χ3v) is 4.29. The van der Waals surface area contributed by atoms with E-state index in [1.165, 1.54) is 12.1 Å². The Bertz CT molecular complexity index is 676. The fraction of sp³-hybridized carbons (Fsp3) is 0.333. The van der Waals surface area contributed by atoms with Crippen LogP contribution in [0.5, 0.6) is 0 Å². The Balaban J connectivity index is 1.66.